The molecule has 0 aliphatic rings. The SMILES string of the molecule is COC(=O)Cc1cc(C(F)(F)F)c(C(F)F)cn1. The molecule has 3 nitrogen and oxygen atoms in total. The first kappa shape index (κ1) is 14.3. The van der Waals surface area contributed by atoms with Crippen LogP contribution in [0.25, 0.3) is 0 Å². The monoisotopic (exact) mass is 269 g/mol. The number of rotatable bonds is 3. The molecule has 1 aromatic heterocycles. The second kappa shape index (κ2) is 5.28. The lowest BCUT2D eigenvalue weighted by Gasteiger charge is -2.13. The van der Waals surface area contributed by atoms with Gasteiger partial charge in [0.1, 0.15) is 0 Å². The van der Waals surface area contributed by atoms with Gasteiger partial charge in [-0.05, 0) is 6.07 Å². The molecule has 1 aromatic rings. The summed E-state index contributed by atoms with van der Waals surface area (Å²) in [4.78, 5) is 14.3. The number of nitrogens with zero attached hydrogens (tertiary/aromatic N) is 1. The molecule has 0 atom stereocenters. The molecule has 0 saturated carbocycles. The summed E-state index contributed by atoms with van der Waals surface area (Å²) in [6.45, 7) is 0. The Balaban J connectivity index is 3.18. The smallest absolute Gasteiger partial charge is 0.417 e. The van der Waals surface area contributed by atoms with Gasteiger partial charge in [-0.3, -0.25) is 9.78 Å². The lowest BCUT2D eigenvalue weighted by atomic mass is 10.1. The number of hydrogen-bond acceptors (Lipinski definition) is 3. The summed E-state index contributed by atoms with van der Waals surface area (Å²) in [7, 11) is 1.06. The normalized spacial score (nSPS) is 11.7. The van der Waals surface area contributed by atoms with Crippen LogP contribution >= 0.6 is 0 Å². The summed E-state index contributed by atoms with van der Waals surface area (Å²) in [5, 5.41) is 0. The van der Waals surface area contributed by atoms with Crippen LogP contribution in [0.1, 0.15) is 23.2 Å². The maximum atomic E-state index is 12.5. The van der Waals surface area contributed by atoms with E-state index in [2.05, 4.69) is 9.72 Å². The van der Waals surface area contributed by atoms with Gasteiger partial charge in [-0.25, -0.2) is 8.78 Å². The molecular formula is C10H8F5NO2. The predicted molar refractivity (Wildman–Crippen MR) is 49.9 cm³/mol. The highest BCUT2D eigenvalue weighted by molar-refractivity contribution is 5.71. The number of carbonyl (C=O) groups is 1. The summed E-state index contributed by atoms with van der Waals surface area (Å²) >= 11 is 0. The number of alkyl halides is 5. The molecule has 0 aliphatic carbocycles. The van der Waals surface area contributed by atoms with Crippen LogP contribution < -0.4 is 0 Å². The molecule has 0 saturated heterocycles. The van der Waals surface area contributed by atoms with Crippen molar-refractivity contribution < 1.29 is 31.5 Å². The molecule has 0 spiro atoms. The highest BCUT2D eigenvalue weighted by Crippen LogP contribution is 2.36. The molecule has 8 heteroatoms. The van der Waals surface area contributed by atoms with Gasteiger partial charge in [-0.1, -0.05) is 0 Å². The number of carbonyl (C=O) groups excluding carboxylic acids is 1. The van der Waals surface area contributed by atoms with Crippen molar-refractivity contribution in [1.29, 1.82) is 0 Å². The highest BCUT2D eigenvalue weighted by Gasteiger charge is 2.36. The highest BCUT2D eigenvalue weighted by atomic mass is 19.4. The van der Waals surface area contributed by atoms with Gasteiger partial charge in [0.2, 0.25) is 0 Å². The predicted octanol–water partition coefficient (Wildman–Crippen LogP) is 2.75. The van der Waals surface area contributed by atoms with Crippen molar-refractivity contribution in [2.75, 3.05) is 7.11 Å². The van der Waals surface area contributed by atoms with Crippen LogP contribution in [0.5, 0.6) is 0 Å². The van der Waals surface area contributed by atoms with Crippen LogP contribution in [-0.4, -0.2) is 18.1 Å². The van der Waals surface area contributed by atoms with Gasteiger partial charge in [0, 0.05) is 11.8 Å². The molecule has 0 aromatic carbocycles. The van der Waals surface area contributed by atoms with E-state index in [1.54, 1.807) is 0 Å². The Morgan fingerprint density at radius 1 is 1.44 bits per heavy atom. The minimum absolute atomic E-state index is 0.279. The van der Waals surface area contributed by atoms with Crippen molar-refractivity contribution in [3.63, 3.8) is 0 Å². The van der Waals surface area contributed by atoms with E-state index in [-0.39, 0.29) is 5.69 Å². The summed E-state index contributed by atoms with van der Waals surface area (Å²) < 4.78 is 66.6. The van der Waals surface area contributed by atoms with E-state index in [1.165, 1.54) is 0 Å². The molecule has 18 heavy (non-hydrogen) atoms. The Bertz CT molecular complexity index is 444. The minimum atomic E-state index is -4.93. The number of hydrogen-bond donors (Lipinski definition) is 0. The molecule has 0 bridgehead atoms. The zero-order valence-electron chi connectivity index (χ0n) is 9.09. The van der Waals surface area contributed by atoms with E-state index in [0.29, 0.717) is 12.3 Å². The molecule has 0 amide bonds. The molecule has 0 radical (unpaired) electrons. The minimum Gasteiger partial charge on any atom is -0.469 e. The Kier molecular flexibility index (Phi) is 4.20. The molecule has 0 unspecified atom stereocenters. The zero-order valence-corrected chi connectivity index (χ0v) is 9.09. The average molecular weight is 269 g/mol. The van der Waals surface area contributed by atoms with Crippen molar-refractivity contribution in [2.45, 2.75) is 19.0 Å². The molecule has 100 valence electrons. The van der Waals surface area contributed by atoms with Crippen molar-refractivity contribution >= 4 is 5.97 Å². The Morgan fingerprint density at radius 2 is 2.06 bits per heavy atom. The van der Waals surface area contributed by atoms with Gasteiger partial charge in [-0.15, -0.1) is 0 Å². The Hall–Kier alpha value is -1.73. The fourth-order valence-electron chi connectivity index (χ4n) is 1.25. The fourth-order valence-corrected chi connectivity index (χ4v) is 1.25. The largest absolute Gasteiger partial charge is 0.469 e. The standard InChI is InChI=1S/C10H8F5NO2/c1-18-8(17)3-5-2-7(10(13,14)15)6(4-16-5)9(11)12/h2,4,9H,3H2,1H3. The Labute approximate surface area is 98.6 Å². The topological polar surface area (TPSA) is 39.2 Å². The second-order valence-electron chi connectivity index (χ2n) is 3.31. The third-order valence-corrected chi connectivity index (χ3v) is 2.09. The molecular weight excluding hydrogens is 261 g/mol. The number of halogens is 5. The number of aromatic nitrogens is 1. The number of esters is 1. The maximum Gasteiger partial charge on any atom is 0.417 e. The number of ether oxygens (including phenoxy) is 1. The fraction of sp³-hybridized carbons (Fsp3) is 0.400. The van der Waals surface area contributed by atoms with Crippen molar-refractivity contribution in [1.82, 2.24) is 4.98 Å². The molecule has 0 aliphatic heterocycles. The van der Waals surface area contributed by atoms with Gasteiger partial charge < -0.3 is 4.74 Å². The van der Waals surface area contributed by atoms with Gasteiger partial charge in [-0.2, -0.15) is 13.2 Å². The van der Waals surface area contributed by atoms with Crippen LogP contribution in [-0.2, 0) is 22.1 Å². The van der Waals surface area contributed by atoms with Gasteiger partial charge in [0.25, 0.3) is 6.43 Å². The number of pyridine rings is 1. The third kappa shape index (κ3) is 3.38. The lowest BCUT2D eigenvalue weighted by molar-refractivity contribution is -0.141. The van der Waals surface area contributed by atoms with E-state index in [9.17, 15) is 26.7 Å². The van der Waals surface area contributed by atoms with E-state index in [1.807, 2.05) is 0 Å². The maximum absolute atomic E-state index is 12.5. The first-order valence-electron chi connectivity index (χ1n) is 4.66. The van der Waals surface area contributed by atoms with Crippen LogP contribution in [0.3, 0.4) is 0 Å². The summed E-state index contributed by atoms with van der Waals surface area (Å²) in [5.41, 5.74) is -2.99. The molecule has 0 N–H and O–H groups in total. The molecule has 0 fully saturated rings. The quantitative estimate of drug-likeness (QED) is 0.625. The van der Waals surface area contributed by atoms with E-state index in [4.69, 9.17) is 0 Å². The first-order valence-corrected chi connectivity index (χ1v) is 4.66. The summed E-state index contributed by atoms with van der Waals surface area (Å²) in [6, 6.07) is 0.429. The summed E-state index contributed by atoms with van der Waals surface area (Å²) in [5.74, 6) is -0.805. The van der Waals surface area contributed by atoms with Crippen molar-refractivity contribution in [3.05, 3.63) is 29.1 Å². The van der Waals surface area contributed by atoms with E-state index >= 15 is 0 Å². The van der Waals surface area contributed by atoms with Crippen molar-refractivity contribution in [3.8, 4) is 0 Å². The molecule has 1 heterocycles. The second-order valence-corrected chi connectivity index (χ2v) is 3.31. The first-order chi connectivity index (χ1) is 8.25. The lowest BCUT2D eigenvalue weighted by Crippen LogP contribution is -2.13. The van der Waals surface area contributed by atoms with Crippen LogP contribution in [0.15, 0.2) is 12.3 Å². The van der Waals surface area contributed by atoms with Gasteiger partial charge in [0.05, 0.1) is 24.8 Å². The average Bonchev–Trinajstić information content (AvgIpc) is 2.27. The van der Waals surface area contributed by atoms with Crippen LogP contribution in [0.4, 0.5) is 22.0 Å². The Morgan fingerprint density at radius 3 is 2.50 bits per heavy atom. The van der Waals surface area contributed by atoms with Crippen LogP contribution in [0, 0.1) is 0 Å². The van der Waals surface area contributed by atoms with E-state index in [0.717, 1.165) is 7.11 Å². The van der Waals surface area contributed by atoms with Gasteiger partial charge >= 0.3 is 12.1 Å². The number of methoxy groups -OCH3 is 1. The zero-order chi connectivity index (χ0) is 13.9. The van der Waals surface area contributed by atoms with Crippen molar-refractivity contribution in [2.24, 2.45) is 0 Å². The van der Waals surface area contributed by atoms with Gasteiger partial charge in [0.15, 0.2) is 0 Å². The van der Waals surface area contributed by atoms with Crippen LogP contribution in [0.2, 0.25) is 0 Å². The van der Waals surface area contributed by atoms with E-state index < -0.39 is 36.1 Å². The molecule has 1 rings (SSSR count). The third-order valence-electron chi connectivity index (χ3n) is 2.09. The summed E-state index contributed by atoms with van der Waals surface area (Å²) in [6.07, 6.45) is -8.31.